The third-order valence-electron chi connectivity index (χ3n) is 2.77. The Hall–Kier alpha value is -1.37. The molecule has 0 heterocycles. The minimum absolute atomic E-state index is 0.0204. The molecule has 3 nitrogen and oxygen atoms in total. The molecule has 86 valence electrons. The Morgan fingerprint density at radius 3 is 2.56 bits per heavy atom. The van der Waals surface area contributed by atoms with Crippen LogP contribution in [0.5, 0.6) is 0 Å². The molecule has 0 aliphatic heterocycles. The minimum atomic E-state index is 0.0204. The third kappa shape index (κ3) is 3.34. The zero-order chi connectivity index (χ0) is 11.8. The highest BCUT2D eigenvalue weighted by atomic mass is 16.5. The molecule has 16 heavy (non-hydrogen) atoms. The van der Waals surface area contributed by atoms with Gasteiger partial charge in [0.15, 0.2) is 0 Å². The summed E-state index contributed by atoms with van der Waals surface area (Å²) < 4.78 is 5.43. The molecule has 1 rings (SSSR count). The van der Waals surface area contributed by atoms with E-state index in [1.807, 2.05) is 18.2 Å². The molecule has 0 aliphatic rings. The van der Waals surface area contributed by atoms with Crippen LogP contribution in [0.2, 0.25) is 0 Å². The van der Waals surface area contributed by atoms with Crippen LogP contribution in [0, 0.1) is 11.3 Å². The van der Waals surface area contributed by atoms with Gasteiger partial charge in [-0.15, -0.1) is 0 Å². The van der Waals surface area contributed by atoms with Crippen LogP contribution in [0.3, 0.4) is 0 Å². The fraction of sp³-hybridized carbons (Fsp3) is 0.462. The van der Waals surface area contributed by atoms with Gasteiger partial charge in [-0.25, -0.2) is 0 Å². The molecule has 0 aromatic heterocycles. The monoisotopic (exact) mass is 218 g/mol. The van der Waals surface area contributed by atoms with Crippen LogP contribution in [0.15, 0.2) is 30.3 Å². The first kappa shape index (κ1) is 12.7. The second-order valence-electron chi connectivity index (χ2n) is 3.72. The Morgan fingerprint density at radius 2 is 2.06 bits per heavy atom. The predicted octanol–water partition coefficient (Wildman–Crippen LogP) is 2.05. The van der Waals surface area contributed by atoms with Gasteiger partial charge in [0, 0.05) is 26.0 Å². The molecule has 0 spiro atoms. The van der Waals surface area contributed by atoms with E-state index in [2.05, 4.69) is 18.2 Å². The van der Waals surface area contributed by atoms with E-state index in [4.69, 9.17) is 15.7 Å². The fourth-order valence-electron chi connectivity index (χ4n) is 1.89. The lowest BCUT2D eigenvalue weighted by Gasteiger charge is -2.24. The van der Waals surface area contributed by atoms with Gasteiger partial charge in [0.25, 0.3) is 0 Å². The van der Waals surface area contributed by atoms with E-state index in [0.29, 0.717) is 13.0 Å². The lowest BCUT2D eigenvalue weighted by atomic mass is 9.91. The zero-order valence-corrected chi connectivity index (χ0v) is 9.60. The van der Waals surface area contributed by atoms with Gasteiger partial charge in [0.2, 0.25) is 0 Å². The Labute approximate surface area is 96.8 Å². The summed E-state index contributed by atoms with van der Waals surface area (Å²) in [5.41, 5.74) is 6.97. The number of rotatable bonds is 6. The Bertz CT molecular complexity index is 332. The lowest BCUT2D eigenvalue weighted by Crippen LogP contribution is -2.27. The van der Waals surface area contributed by atoms with Crippen LogP contribution in [0.1, 0.15) is 24.3 Å². The van der Waals surface area contributed by atoms with E-state index in [0.717, 1.165) is 6.42 Å². The van der Waals surface area contributed by atoms with Crippen LogP contribution in [-0.2, 0) is 4.74 Å². The maximum Gasteiger partial charge on any atom is 0.0661 e. The van der Waals surface area contributed by atoms with Gasteiger partial charge in [0.05, 0.1) is 12.2 Å². The Kier molecular flexibility index (Phi) is 5.55. The summed E-state index contributed by atoms with van der Waals surface area (Å²) >= 11 is 0. The topological polar surface area (TPSA) is 59.0 Å². The normalized spacial score (nSPS) is 14.1. The van der Waals surface area contributed by atoms with Gasteiger partial charge in [-0.05, 0) is 12.0 Å². The molecule has 0 radical (unpaired) electrons. The molecule has 2 atom stereocenters. The van der Waals surface area contributed by atoms with Gasteiger partial charge in [-0.1, -0.05) is 30.3 Å². The number of nitriles is 1. The van der Waals surface area contributed by atoms with Crippen LogP contribution < -0.4 is 5.73 Å². The first-order chi connectivity index (χ1) is 7.83. The Morgan fingerprint density at radius 1 is 1.38 bits per heavy atom. The van der Waals surface area contributed by atoms with E-state index < -0.39 is 0 Å². The predicted molar refractivity (Wildman–Crippen MR) is 63.9 cm³/mol. The van der Waals surface area contributed by atoms with Crippen molar-refractivity contribution in [2.45, 2.75) is 24.9 Å². The highest BCUT2D eigenvalue weighted by Crippen LogP contribution is 2.23. The standard InChI is InChI=1S/C13H18N2O/c1-16-13(8-5-9-14)12(10-15)11-6-3-2-4-7-11/h2-4,6-7,12-13H,5,8,10,15H2,1H3. The molecule has 0 saturated heterocycles. The van der Waals surface area contributed by atoms with E-state index in [9.17, 15) is 0 Å². The molecule has 3 heteroatoms. The van der Waals surface area contributed by atoms with Crippen molar-refractivity contribution in [2.24, 2.45) is 5.73 Å². The molecule has 2 N–H and O–H groups in total. The maximum absolute atomic E-state index is 8.60. The van der Waals surface area contributed by atoms with E-state index >= 15 is 0 Å². The first-order valence-corrected chi connectivity index (χ1v) is 5.48. The summed E-state index contributed by atoms with van der Waals surface area (Å²) in [7, 11) is 1.67. The SMILES string of the molecule is COC(CCC#N)C(CN)c1ccccc1. The van der Waals surface area contributed by atoms with Crippen molar-refractivity contribution < 1.29 is 4.74 Å². The molecule has 0 fully saturated rings. The van der Waals surface area contributed by atoms with Gasteiger partial charge >= 0.3 is 0 Å². The van der Waals surface area contributed by atoms with Crippen LogP contribution in [0.4, 0.5) is 0 Å². The molecule has 1 aromatic rings. The number of hydrogen-bond acceptors (Lipinski definition) is 3. The number of hydrogen-bond donors (Lipinski definition) is 1. The number of ether oxygens (including phenoxy) is 1. The van der Waals surface area contributed by atoms with Crippen molar-refractivity contribution in [1.82, 2.24) is 0 Å². The molecule has 0 aliphatic carbocycles. The summed E-state index contributed by atoms with van der Waals surface area (Å²) in [6.07, 6.45) is 1.25. The fourth-order valence-corrected chi connectivity index (χ4v) is 1.89. The maximum atomic E-state index is 8.60. The summed E-state index contributed by atoms with van der Waals surface area (Å²) in [4.78, 5) is 0. The number of nitrogens with zero attached hydrogens (tertiary/aromatic N) is 1. The average molecular weight is 218 g/mol. The molecule has 1 aromatic carbocycles. The third-order valence-corrected chi connectivity index (χ3v) is 2.77. The van der Waals surface area contributed by atoms with Gasteiger partial charge < -0.3 is 10.5 Å². The van der Waals surface area contributed by atoms with E-state index in [1.165, 1.54) is 5.56 Å². The van der Waals surface area contributed by atoms with Crippen molar-refractivity contribution in [1.29, 1.82) is 5.26 Å². The highest BCUT2D eigenvalue weighted by Gasteiger charge is 2.21. The van der Waals surface area contributed by atoms with E-state index in [-0.39, 0.29) is 12.0 Å². The van der Waals surface area contributed by atoms with Crippen molar-refractivity contribution in [2.75, 3.05) is 13.7 Å². The van der Waals surface area contributed by atoms with Crippen molar-refractivity contribution in [3.8, 4) is 6.07 Å². The second-order valence-corrected chi connectivity index (χ2v) is 3.72. The highest BCUT2D eigenvalue weighted by molar-refractivity contribution is 5.21. The largest absolute Gasteiger partial charge is 0.381 e. The molecule has 0 amide bonds. The summed E-state index contributed by atoms with van der Waals surface area (Å²) in [6.45, 7) is 0.536. The van der Waals surface area contributed by atoms with Crippen LogP contribution in [-0.4, -0.2) is 19.8 Å². The van der Waals surface area contributed by atoms with Gasteiger partial charge in [-0.2, -0.15) is 5.26 Å². The number of nitrogens with two attached hydrogens (primary N) is 1. The average Bonchev–Trinajstić information content (AvgIpc) is 2.35. The second kappa shape index (κ2) is 7.00. The molecule has 2 unspecified atom stereocenters. The Balaban J connectivity index is 2.76. The number of benzene rings is 1. The smallest absolute Gasteiger partial charge is 0.0661 e. The van der Waals surface area contributed by atoms with Crippen LogP contribution in [0.25, 0.3) is 0 Å². The van der Waals surface area contributed by atoms with Crippen molar-refractivity contribution >= 4 is 0 Å². The van der Waals surface area contributed by atoms with Gasteiger partial charge in [0.1, 0.15) is 0 Å². The van der Waals surface area contributed by atoms with Crippen LogP contribution >= 0.6 is 0 Å². The van der Waals surface area contributed by atoms with Crippen molar-refractivity contribution in [3.63, 3.8) is 0 Å². The molecular weight excluding hydrogens is 200 g/mol. The minimum Gasteiger partial charge on any atom is -0.381 e. The molecule has 0 saturated carbocycles. The quantitative estimate of drug-likeness (QED) is 0.795. The lowest BCUT2D eigenvalue weighted by molar-refractivity contribution is 0.0748. The van der Waals surface area contributed by atoms with Crippen molar-refractivity contribution in [3.05, 3.63) is 35.9 Å². The first-order valence-electron chi connectivity index (χ1n) is 5.48. The zero-order valence-electron chi connectivity index (χ0n) is 9.60. The molecular formula is C13H18N2O. The number of methoxy groups -OCH3 is 1. The summed E-state index contributed by atoms with van der Waals surface area (Å²) in [6, 6.07) is 12.2. The summed E-state index contributed by atoms with van der Waals surface area (Å²) in [5, 5.41) is 8.60. The summed E-state index contributed by atoms with van der Waals surface area (Å²) in [5.74, 6) is 0.166. The van der Waals surface area contributed by atoms with E-state index in [1.54, 1.807) is 7.11 Å². The molecule has 0 bridgehead atoms. The van der Waals surface area contributed by atoms with Gasteiger partial charge in [-0.3, -0.25) is 0 Å².